The average molecular weight is 347 g/mol. The molecule has 1 saturated carbocycles. The molecule has 110 valence electrons. The van der Waals surface area contributed by atoms with Crippen LogP contribution in [0.15, 0.2) is 34.8 Å². The van der Waals surface area contributed by atoms with E-state index in [1.165, 1.54) is 18.4 Å². The van der Waals surface area contributed by atoms with E-state index in [2.05, 4.69) is 32.3 Å². The fourth-order valence-corrected chi connectivity index (χ4v) is 2.46. The molecule has 1 aromatic carbocycles. The van der Waals surface area contributed by atoms with E-state index in [4.69, 9.17) is 4.74 Å². The summed E-state index contributed by atoms with van der Waals surface area (Å²) in [6.07, 6.45) is 2.59. The lowest BCUT2D eigenvalue weighted by Crippen LogP contribution is -2.15. The van der Waals surface area contributed by atoms with Crippen molar-refractivity contribution in [3.63, 3.8) is 0 Å². The SMILES string of the molecule is Cc1cc(CNC2CC2)cc(Oc2ccc(Br)c(C)c2)n1. The Hall–Kier alpha value is -1.39. The van der Waals surface area contributed by atoms with Gasteiger partial charge < -0.3 is 10.1 Å². The van der Waals surface area contributed by atoms with Crippen LogP contribution in [0.3, 0.4) is 0 Å². The van der Waals surface area contributed by atoms with Gasteiger partial charge in [-0.15, -0.1) is 0 Å². The molecule has 3 nitrogen and oxygen atoms in total. The highest BCUT2D eigenvalue weighted by atomic mass is 79.9. The van der Waals surface area contributed by atoms with Crippen LogP contribution in [-0.2, 0) is 6.54 Å². The Bertz CT molecular complexity index is 653. The van der Waals surface area contributed by atoms with E-state index in [-0.39, 0.29) is 0 Å². The molecular formula is C17H19BrN2O. The highest BCUT2D eigenvalue weighted by molar-refractivity contribution is 9.10. The van der Waals surface area contributed by atoms with Crippen LogP contribution in [0, 0.1) is 13.8 Å². The molecule has 1 N–H and O–H groups in total. The molecule has 21 heavy (non-hydrogen) atoms. The van der Waals surface area contributed by atoms with Crippen molar-refractivity contribution in [2.75, 3.05) is 0 Å². The third kappa shape index (κ3) is 4.05. The first-order valence-electron chi connectivity index (χ1n) is 7.25. The summed E-state index contributed by atoms with van der Waals surface area (Å²) in [7, 11) is 0. The molecule has 0 unspecified atom stereocenters. The molecule has 1 aliphatic rings. The Labute approximate surface area is 133 Å². The maximum absolute atomic E-state index is 5.90. The molecule has 0 saturated heterocycles. The topological polar surface area (TPSA) is 34.1 Å². The van der Waals surface area contributed by atoms with Crippen LogP contribution in [0.1, 0.15) is 29.7 Å². The van der Waals surface area contributed by atoms with Gasteiger partial charge in [-0.05, 0) is 62.1 Å². The van der Waals surface area contributed by atoms with Crippen molar-refractivity contribution in [3.05, 3.63) is 51.6 Å². The minimum absolute atomic E-state index is 0.657. The molecule has 1 aromatic heterocycles. The maximum Gasteiger partial charge on any atom is 0.219 e. The summed E-state index contributed by atoms with van der Waals surface area (Å²) in [5, 5.41) is 3.52. The summed E-state index contributed by atoms with van der Waals surface area (Å²) in [4.78, 5) is 4.46. The monoisotopic (exact) mass is 346 g/mol. The zero-order chi connectivity index (χ0) is 14.8. The lowest BCUT2D eigenvalue weighted by atomic mass is 10.2. The van der Waals surface area contributed by atoms with Gasteiger partial charge in [-0.2, -0.15) is 0 Å². The second kappa shape index (κ2) is 6.16. The number of pyridine rings is 1. The number of hydrogen-bond donors (Lipinski definition) is 1. The number of nitrogens with one attached hydrogen (secondary N) is 1. The van der Waals surface area contributed by atoms with Crippen LogP contribution in [0.4, 0.5) is 0 Å². The van der Waals surface area contributed by atoms with Crippen LogP contribution >= 0.6 is 15.9 Å². The number of ether oxygens (including phenoxy) is 1. The predicted octanol–water partition coefficient (Wildman–Crippen LogP) is 4.51. The Morgan fingerprint density at radius 2 is 2.05 bits per heavy atom. The molecule has 1 fully saturated rings. The van der Waals surface area contributed by atoms with Gasteiger partial charge in [0.2, 0.25) is 5.88 Å². The van der Waals surface area contributed by atoms with E-state index in [1.807, 2.05) is 38.1 Å². The maximum atomic E-state index is 5.90. The second-order valence-corrected chi connectivity index (χ2v) is 6.48. The minimum atomic E-state index is 0.657. The van der Waals surface area contributed by atoms with Gasteiger partial charge in [0.05, 0.1) is 0 Å². The third-order valence-electron chi connectivity index (χ3n) is 3.51. The number of aryl methyl sites for hydroxylation is 2. The molecular weight excluding hydrogens is 328 g/mol. The normalized spacial score (nSPS) is 14.2. The summed E-state index contributed by atoms with van der Waals surface area (Å²) < 4.78 is 6.98. The van der Waals surface area contributed by atoms with Gasteiger partial charge in [0, 0.05) is 28.8 Å². The quantitative estimate of drug-likeness (QED) is 0.864. The first kappa shape index (κ1) is 14.5. The molecule has 0 atom stereocenters. The lowest BCUT2D eigenvalue weighted by Gasteiger charge is -2.10. The number of hydrogen-bond acceptors (Lipinski definition) is 3. The largest absolute Gasteiger partial charge is 0.439 e. The Kier molecular flexibility index (Phi) is 4.27. The van der Waals surface area contributed by atoms with Crippen molar-refractivity contribution < 1.29 is 4.74 Å². The van der Waals surface area contributed by atoms with E-state index >= 15 is 0 Å². The van der Waals surface area contributed by atoms with Crippen molar-refractivity contribution >= 4 is 15.9 Å². The molecule has 0 amide bonds. The van der Waals surface area contributed by atoms with E-state index in [9.17, 15) is 0 Å². The van der Waals surface area contributed by atoms with Gasteiger partial charge >= 0.3 is 0 Å². The van der Waals surface area contributed by atoms with Gasteiger partial charge in [-0.3, -0.25) is 0 Å². The molecule has 1 aliphatic carbocycles. The number of aromatic nitrogens is 1. The summed E-state index contributed by atoms with van der Waals surface area (Å²) in [6, 6.07) is 10.8. The summed E-state index contributed by atoms with van der Waals surface area (Å²) in [5.74, 6) is 1.47. The van der Waals surface area contributed by atoms with Gasteiger partial charge in [-0.1, -0.05) is 15.9 Å². The first-order valence-corrected chi connectivity index (χ1v) is 8.04. The lowest BCUT2D eigenvalue weighted by molar-refractivity contribution is 0.460. The third-order valence-corrected chi connectivity index (χ3v) is 4.40. The van der Waals surface area contributed by atoms with Crippen molar-refractivity contribution in [1.29, 1.82) is 0 Å². The van der Waals surface area contributed by atoms with Gasteiger partial charge in [-0.25, -0.2) is 4.98 Å². The van der Waals surface area contributed by atoms with E-state index in [0.29, 0.717) is 11.9 Å². The molecule has 0 radical (unpaired) electrons. The molecule has 0 aliphatic heterocycles. The van der Waals surface area contributed by atoms with Crippen LogP contribution in [0.5, 0.6) is 11.6 Å². The molecule has 0 bridgehead atoms. The molecule has 0 spiro atoms. The fraction of sp³-hybridized carbons (Fsp3) is 0.353. The molecule has 4 heteroatoms. The van der Waals surface area contributed by atoms with Gasteiger partial charge in [0.25, 0.3) is 0 Å². The number of halogens is 1. The predicted molar refractivity (Wildman–Crippen MR) is 87.8 cm³/mol. The Morgan fingerprint density at radius 3 is 2.76 bits per heavy atom. The van der Waals surface area contributed by atoms with E-state index in [1.54, 1.807) is 0 Å². The second-order valence-electron chi connectivity index (χ2n) is 5.62. The fourth-order valence-electron chi connectivity index (χ4n) is 2.21. The first-order chi connectivity index (χ1) is 10.1. The molecule has 3 rings (SSSR count). The highest BCUT2D eigenvalue weighted by Gasteiger charge is 2.20. The Balaban J connectivity index is 1.75. The van der Waals surface area contributed by atoms with E-state index in [0.717, 1.165) is 28.0 Å². The van der Waals surface area contributed by atoms with Crippen molar-refractivity contribution in [2.24, 2.45) is 0 Å². The number of rotatable bonds is 5. The zero-order valence-electron chi connectivity index (χ0n) is 12.3. The van der Waals surface area contributed by atoms with Gasteiger partial charge in [0.15, 0.2) is 0 Å². The van der Waals surface area contributed by atoms with Gasteiger partial charge in [0.1, 0.15) is 5.75 Å². The zero-order valence-corrected chi connectivity index (χ0v) is 13.9. The summed E-state index contributed by atoms with van der Waals surface area (Å²) >= 11 is 3.50. The standard InChI is InChI=1S/C17H19BrN2O/c1-11-7-15(5-6-16(11)18)21-17-9-13(8-12(2)20-17)10-19-14-3-4-14/h5-9,14,19H,3-4,10H2,1-2H3. The van der Waals surface area contributed by atoms with E-state index < -0.39 is 0 Å². The smallest absolute Gasteiger partial charge is 0.219 e. The molecule has 2 aromatic rings. The number of benzene rings is 1. The summed E-state index contributed by atoms with van der Waals surface area (Å²) in [6.45, 7) is 4.93. The molecule has 1 heterocycles. The van der Waals surface area contributed by atoms with Crippen LogP contribution in [-0.4, -0.2) is 11.0 Å². The van der Waals surface area contributed by atoms with Crippen LogP contribution in [0.25, 0.3) is 0 Å². The highest BCUT2D eigenvalue weighted by Crippen LogP contribution is 2.26. The number of nitrogens with zero attached hydrogens (tertiary/aromatic N) is 1. The minimum Gasteiger partial charge on any atom is -0.439 e. The van der Waals surface area contributed by atoms with Crippen LogP contribution < -0.4 is 10.1 Å². The van der Waals surface area contributed by atoms with Crippen molar-refractivity contribution in [2.45, 2.75) is 39.3 Å². The van der Waals surface area contributed by atoms with Crippen molar-refractivity contribution in [3.8, 4) is 11.6 Å². The average Bonchev–Trinajstić information content (AvgIpc) is 3.24. The van der Waals surface area contributed by atoms with Crippen LogP contribution in [0.2, 0.25) is 0 Å². The Morgan fingerprint density at radius 1 is 1.24 bits per heavy atom. The summed E-state index contributed by atoms with van der Waals surface area (Å²) in [5.41, 5.74) is 3.35. The van der Waals surface area contributed by atoms with Crippen molar-refractivity contribution in [1.82, 2.24) is 10.3 Å².